The number of rotatable bonds is 3. The highest BCUT2D eigenvalue weighted by molar-refractivity contribution is 5.79. The van der Waals surface area contributed by atoms with Crippen LogP contribution in [0.4, 0.5) is 0 Å². The first kappa shape index (κ1) is 10.9. The Morgan fingerprint density at radius 2 is 1.79 bits per heavy atom. The first-order valence-electron chi connectivity index (χ1n) is 4.85. The Balaban J connectivity index is 2.76. The van der Waals surface area contributed by atoms with Crippen molar-refractivity contribution in [1.82, 2.24) is 0 Å². The molecule has 0 aromatic heterocycles. The van der Waals surface area contributed by atoms with Gasteiger partial charge < -0.3 is 5.11 Å². The Kier molecular flexibility index (Phi) is 3.84. The third-order valence-electron chi connectivity index (χ3n) is 2.06. The van der Waals surface area contributed by atoms with Crippen molar-refractivity contribution in [2.45, 2.75) is 32.9 Å². The second kappa shape index (κ2) is 4.91. The van der Waals surface area contributed by atoms with Crippen LogP contribution in [0.2, 0.25) is 0 Å². The average molecular weight is 191 g/mol. The minimum Gasteiger partial charge on any atom is -0.386 e. The van der Waals surface area contributed by atoms with E-state index in [1.807, 2.05) is 51.1 Å². The van der Waals surface area contributed by atoms with E-state index >= 15 is 0 Å². The Bertz CT molecular complexity index is 301. The molecule has 0 aliphatic heterocycles. The van der Waals surface area contributed by atoms with E-state index in [0.717, 1.165) is 11.3 Å². The van der Waals surface area contributed by atoms with Crippen LogP contribution >= 0.6 is 0 Å². The third-order valence-corrected chi connectivity index (χ3v) is 2.06. The predicted molar refractivity (Wildman–Crippen MR) is 59.6 cm³/mol. The molecule has 0 saturated carbocycles. The van der Waals surface area contributed by atoms with Crippen LogP contribution < -0.4 is 0 Å². The van der Waals surface area contributed by atoms with E-state index in [2.05, 4.69) is 4.99 Å². The molecule has 0 aliphatic rings. The fraction of sp³-hybridized carbons (Fsp3) is 0.417. The molecule has 1 aromatic rings. The summed E-state index contributed by atoms with van der Waals surface area (Å²) in [6.45, 7) is 5.80. The van der Waals surface area contributed by atoms with Gasteiger partial charge in [-0.15, -0.1) is 0 Å². The van der Waals surface area contributed by atoms with Gasteiger partial charge in [0.15, 0.2) is 0 Å². The molecule has 0 heterocycles. The number of hydrogen-bond donors (Lipinski definition) is 1. The number of benzene rings is 1. The van der Waals surface area contributed by atoms with Crippen LogP contribution in [0.3, 0.4) is 0 Å². The summed E-state index contributed by atoms with van der Waals surface area (Å²) in [5.41, 5.74) is 1.91. The summed E-state index contributed by atoms with van der Waals surface area (Å²) in [6, 6.07) is 9.54. The van der Waals surface area contributed by atoms with Crippen LogP contribution in [0.15, 0.2) is 35.3 Å². The van der Waals surface area contributed by atoms with Crippen molar-refractivity contribution in [1.29, 1.82) is 0 Å². The average Bonchev–Trinajstić information content (AvgIpc) is 2.17. The lowest BCUT2D eigenvalue weighted by Gasteiger charge is -2.15. The molecule has 1 aromatic carbocycles. The molecular formula is C12H17NO. The molecule has 2 nitrogen and oxygen atoms in total. The quantitative estimate of drug-likeness (QED) is 0.732. The van der Waals surface area contributed by atoms with Gasteiger partial charge in [0.1, 0.15) is 6.10 Å². The lowest BCUT2D eigenvalue weighted by atomic mass is 10.0. The molecule has 1 N–H and O–H groups in total. The van der Waals surface area contributed by atoms with E-state index in [1.54, 1.807) is 0 Å². The predicted octanol–water partition coefficient (Wildman–Crippen LogP) is 2.59. The molecule has 0 radical (unpaired) electrons. The van der Waals surface area contributed by atoms with Crippen LogP contribution in [0, 0.1) is 0 Å². The van der Waals surface area contributed by atoms with Gasteiger partial charge in [-0.2, -0.15) is 0 Å². The first-order chi connectivity index (χ1) is 6.61. The number of nitrogens with zero attached hydrogens (tertiary/aromatic N) is 1. The van der Waals surface area contributed by atoms with Gasteiger partial charge in [-0.25, -0.2) is 0 Å². The largest absolute Gasteiger partial charge is 0.386 e. The number of hydrogen-bond acceptors (Lipinski definition) is 2. The molecule has 1 rings (SSSR count). The van der Waals surface area contributed by atoms with Crippen LogP contribution in [0.5, 0.6) is 0 Å². The number of aliphatic hydroxyl groups excluding tert-OH is 1. The Morgan fingerprint density at radius 3 is 2.29 bits per heavy atom. The van der Waals surface area contributed by atoms with Crippen molar-refractivity contribution in [3.05, 3.63) is 35.9 Å². The molecule has 0 fully saturated rings. The zero-order valence-electron chi connectivity index (χ0n) is 8.94. The van der Waals surface area contributed by atoms with Gasteiger partial charge in [-0.1, -0.05) is 30.3 Å². The highest BCUT2D eigenvalue weighted by atomic mass is 16.3. The summed E-state index contributed by atoms with van der Waals surface area (Å²) in [6.07, 6.45) is -0.508. The van der Waals surface area contributed by atoms with Crippen molar-refractivity contribution >= 4 is 5.71 Å². The maximum Gasteiger partial charge on any atom is 0.101 e. The Morgan fingerprint density at radius 1 is 1.21 bits per heavy atom. The molecule has 0 bridgehead atoms. The first-order valence-corrected chi connectivity index (χ1v) is 4.85. The fourth-order valence-electron chi connectivity index (χ4n) is 1.41. The van der Waals surface area contributed by atoms with E-state index in [0.29, 0.717) is 0 Å². The molecule has 14 heavy (non-hydrogen) atoms. The van der Waals surface area contributed by atoms with Crippen LogP contribution in [0.25, 0.3) is 0 Å². The SMILES string of the molecule is CC(C)=N[C@@H](C)[C@H](O)c1ccccc1. The van der Waals surface area contributed by atoms with Crippen molar-refractivity contribution in [3.63, 3.8) is 0 Å². The standard InChI is InChI=1S/C12H17NO/c1-9(2)13-10(3)12(14)11-7-5-4-6-8-11/h4-8,10,12,14H,1-3H3/t10-,12-/m0/s1. The number of aliphatic hydroxyl groups is 1. The van der Waals surface area contributed by atoms with Gasteiger partial charge in [0.2, 0.25) is 0 Å². The monoisotopic (exact) mass is 191 g/mol. The molecular weight excluding hydrogens is 174 g/mol. The summed E-state index contributed by atoms with van der Waals surface area (Å²) in [7, 11) is 0. The maximum absolute atomic E-state index is 9.93. The van der Waals surface area contributed by atoms with Crippen LogP contribution in [0.1, 0.15) is 32.4 Å². The summed E-state index contributed by atoms with van der Waals surface area (Å²) in [5, 5.41) is 9.93. The smallest absolute Gasteiger partial charge is 0.101 e. The second-order valence-corrected chi connectivity index (χ2v) is 3.67. The van der Waals surface area contributed by atoms with Crippen LogP contribution in [-0.2, 0) is 0 Å². The molecule has 0 spiro atoms. The van der Waals surface area contributed by atoms with Crippen molar-refractivity contribution in [2.24, 2.45) is 4.99 Å². The van der Waals surface area contributed by atoms with Gasteiger partial charge in [0, 0.05) is 5.71 Å². The molecule has 0 saturated heterocycles. The summed E-state index contributed by atoms with van der Waals surface area (Å²) in [4.78, 5) is 4.32. The van der Waals surface area contributed by atoms with Crippen molar-refractivity contribution in [3.8, 4) is 0 Å². The van der Waals surface area contributed by atoms with Gasteiger partial charge in [0.25, 0.3) is 0 Å². The van der Waals surface area contributed by atoms with E-state index in [1.165, 1.54) is 0 Å². The lowest BCUT2D eigenvalue weighted by molar-refractivity contribution is 0.154. The highest BCUT2D eigenvalue weighted by Gasteiger charge is 2.14. The third kappa shape index (κ3) is 2.96. The summed E-state index contributed by atoms with van der Waals surface area (Å²) >= 11 is 0. The van der Waals surface area contributed by atoms with Gasteiger partial charge in [-0.05, 0) is 26.3 Å². The minimum absolute atomic E-state index is 0.0811. The van der Waals surface area contributed by atoms with Gasteiger partial charge in [-0.3, -0.25) is 4.99 Å². The number of aliphatic imine (C=N–C) groups is 1. The highest BCUT2D eigenvalue weighted by Crippen LogP contribution is 2.18. The van der Waals surface area contributed by atoms with E-state index < -0.39 is 6.10 Å². The lowest BCUT2D eigenvalue weighted by Crippen LogP contribution is -2.13. The molecule has 76 valence electrons. The van der Waals surface area contributed by atoms with E-state index in [4.69, 9.17) is 0 Å². The molecule has 2 heteroatoms. The Hall–Kier alpha value is -1.15. The molecule has 0 unspecified atom stereocenters. The Labute approximate surface area is 85.3 Å². The molecule has 0 amide bonds. The zero-order chi connectivity index (χ0) is 10.6. The van der Waals surface area contributed by atoms with Gasteiger partial charge >= 0.3 is 0 Å². The topological polar surface area (TPSA) is 32.6 Å². The summed E-state index contributed by atoms with van der Waals surface area (Å²) in [5.74, 6) is 0. The molecule has 0 aliphatic carbocycles. The van der Waals surface area contributed by atoms with Crippen LogP contribution in [-0.4, -0.2) is 16.9 Å². The fourth-order valence-corrected chi connectivity index (χ4v) is 1.41. The maximum atomic E-state index is 9.93. The van der Waals surface area contributed by atoms with Crippen molar-refractivity contribution in [2.75, 3.05) is 0 Å². The van der Waals surface area contributed by atoms with Crippen molar-refractivity contribution < 1.29 is 5.11 Å². The normalized spacial score (nSPS) is 14.6. The second-order valence-electron chi connectivity index (χ2n) is 3.67. The van der Waals surface area contributed by atoms with E-state index in [9.17, 15) is 5.11 Å². The van der Waals surface area contributed by atoms with Gasteiger partial charge in [0.05, 0.1) is 6.04 Å². The summed E-state index contributed by atoms with van der Waals surface area (Å²) < 4.78 is 0. The zero-order valence-corrected chi connectivity index (χ0v) is 8.94. The van der Waals surface area contributed by atoms with E-state index in [-0.39, 0.29) is 6.04 Å². The molecule has 2 atom stereocenters. The minimum atomic E-state index is -0.508.